The quantitative estimate of drug-likeness (QED) is 0.544. The number of nitrogens with one attached hydrogen (secondary N) is 1. The fraction of sp³-hybridized carbons (Fsp3) is 1.00. The molecule has 2 unspecified atom stereocenters. The Balaban J connectivity index is 2.30. The van der Waals surface area contributed by atoms with E-state index in [0.717, 1.165) is 19.8 Å². The third-order valence-electron chi connectivity index (χ3n) is 2.07. The SMILES string of the molecule is CNCN1CC(N)C(OC)C1. The van der Waals surface area contributed by atoms with E-state index in [-0.39, 0.29) is 12.1 Å². The lowest BCUT2D eigenvalue weighted by molar-refractivity contribution is 0.0977. The van der Waals surface area contributed by atoms with Gasteiger partial charge in [-0.15, -0.1) is 0 Å². The second kappa shape index (κ2) is 4.01. The molecule has 0 bridgehead atoms. The average molecular weight is 159 g/mol. The van der Waals surface area contributed by atoms with Crippen LogP contribution in [0.3, 0.4) is 0 Å². The maximum absolute atomic E-state index is 5.82. The number of nitrogens with zero attached hydrogens (tertiary/aromatic N) is 1. The molecular formula is C7H17N3O. The highest BCUT2D eigenvalue weighted by Gasteiger charge is 2.28. The maximum atomic E-state index is 5.82. The van der Waals surface area contributed by atoms with Crippen molar-refractivity contribution in [2.75, 3.05) is 33.9 Å². The summed E-state index contributed by atoms with van der Waals surface area (Å²) in [6, 6.07) is 0.174. The third kappa shape index (κ3) is 2.13. The van der Waals surface area contributed by atoms with Crippen molar-refractivity contribution in [1.82, 2.24) is 10.2 Å². The molecule has 2 atom stereocenters. The second-order valence-electron chi connectivity index (χ2n) is 2.99. The van der Waals surface area contributed by atoms with Crippen LogP contribution in [0.2, 0.25) is 0 Å². The first-order valence-corrected chi connectivity index (χ1v) is 3.93. The van der Waals surface area contributed by atoms with Crippen molar-refractivity contribution in [3.8, 4) is 0 Å². The molecule has 3 N–H and O–H groups in total. The van der Waals surface area contributed by atoms with Gasteiger partial charge < -0.3 is 15.8 Å². The van der Waals surface area contributed by atoms with E-state index in [1.807, 2.05) is 7.05 Å². The highest BCUT2D eigenvalue weighted by Crippen LogP contribution is 2.09. The van der Waals surface area contributed by atoms with E-state index < -0.39 is 0 Å². The standard InChI is InChI=1S/C7H17N3O/c1-9-5-10-3-6(8)7(4-10)11-2/h6-7,9H,3-5,8H2,1-2H3. The molecule has 1 fully saturated rings. The zero-order chi connectivity index (χ0) is 8.27. The number of likely N-dealkylation sites (tertiary alicyclic amines) is 1. The number of methoxy groups -OCH3 is 1. The van der Waals surface area contributed by atoms with Crippen LogP contribution in [0.5, 0.6) is 0 Å². The fourth-order valence-electron chi connectivity index (χ4n) is 1.48. The molecular weight excluding hydrogens is 142 g/mol. The molecule has 0 saturated carbocycles. The van der Waals surface area contributed by atoms with E-state index in [0.29, 0.717) is 0 Å². The Kier molecular flexibility index (Phi) is 3.26. The van der Waals surface area contributed by atoms with E-state index in [4.69, 9.17) is 10.5 Å². The first-order valence-electron chi connectivity index (χ1n) is 3.93. The zero-order valence-corrected chi connectivity index (χ0v) is 7.21. The lowest BCUT2D eigenvalue weighted by Gasteiger charge is -2.13. The topological polar surface area (TPSA) is 50.5 Å². The van der Waals surface area contributed by atoms with Crippen molar-refractivity contribution < 1.29 is 4.74 Å². The predicted molar refractivity (Wildman–Crippen MR) is 44.3 cm³/mol. The number of nitrogens with two attached hydrogens (primary N) is 1. The van der Waals surface area contributed by atoms with Gasteiger partial charge in [-0.1, -0.05) is 0 Å². The minimum Gasteiger partial charge on any atom is -0.378 e. The van der Waals surface area contributed by atoms with Crippen LogP contribution in [0.4, 0.5) is 0 Å². The molecule has 1 saturated heterocycles. The molecule has 11 heavy (non-hydrogen) atoms. The molecule has 0 radical (unpaired) electrons. The van der Waals surface area contributed by atoms with E-state index in [1.54, 1.807) is 7.11 Å². The van der Waals surface area contributed by atoms with Gasteiger partial charge in [0.15, 0.2) is 0 Å². The van der Waals surface area contributed by atoms with Crippen molar-refractivity contribution in [1.29, 1.82) is 0 Å². The summed E-state index contributed by atoms with van der Waals surface area (Å²) in [6.45, 7) is 2.77. The number of hydrogen-bond donors (Lipinski definition) is 2. The van der Waals surface area contributed by atoms with Crippen LogP contribution >= 0.6 is 0 Å². The Hall–Kier alpha value is -0.160. The minimum absolute atomic E-state index is 0.174. The smallest absolute Gasteiger partial charge is 0.0861 e. The van der Waals surface area contributed by atoms with Gasteiger partial charge in [0, 0.05) is 32.9 Å². The number of ether oxygens (including phenoxy) is 1. The zero-order valence-electron chi connectivity index (χ0n) is 7.21. The predicted octanol–water partition coefficient (Wildman–Crippen LogP) is -1.18. The Bertz CT molecular complexity index is 120. The molecule has 0 aliphatic carbocycles. The van der Waals surface area contributed by atoms with Crippen LogP contribution in [0.1, 0.15) is 0 Å². The van der Waals surface area contributed by atoms with Crippen molar-refractivity contribution in [3.63, 3.8) is 0 Å². The fourth-order valence-corrected chi connectivity index (χ4v) is 1.48. The van der Waals surface area contributed by atoms with Gasteiger partial charge in [0.1, 0.15) is 0 Å². The molecule has 4 heteroatoms. The summed E-state index contributed by atoms with van der Waals surface area (Å²) in [5.74, 6) is 0. The molecule has 0 aromatic carbocycles. The summed E-state index contributed by atoms with van der Waals surface area (Å²) in [5.41, 5.74) is 5.82. The minimum atomic E-state index is 0.174. The van der Waals surface area contributed by atoms with Gasteiger partial charge in [-0.25, -0.2) is 0 Å². The van der Waals surface area contributed by atoms with E-state index in [9.17, 15) is 0 Å². The highest BCUT2D eigenvalue weighted by atomic mass is 16.5. The molecule has 1 heterocycles. The Labute approximate surface area is 67.7 Å². The van der Waals surface area contributed by atoms with Gasteiger partial charge in [0.2, 0.25) is 0 Å². The Morgan fingerprint density at radius 1 is 1.64 bits per heavy atom. The summed E-state index contributed by atoms with van der Waals surface area (Å²) in [5, 5.41) is 3.09. The van der Waals surface area contributed by atoms with Crippen LogP contribution < -0.4 is 11.1 Å². The lowest BCUT2D eigenvalue weighted by Crippen LogP contribution is -2.34. The van der Waals surface area contributed by atoms with Crippen LogP contribution in [0.15, 0.2) is 0 Å². The van der Waals surface area contributed by atoms with Gasteiger partial charge in [0.05, 0.1) is 6.10 Å². The molecule has 1 aliphatic rings. The molecule has 0 spiro atoms. The van der Waals surface area contributed by atoms with Crippen molar-refractivity contribution >= 4 is 0 Å². The van der Waals surface area contributed by atoms with Gasteiger partial charge in [0.25, 0.3) is 0 Å². The van der Waals surface area contributed by atoms with E-state index in [1.165, 1.54) is 0 Å². The Morgan fingerprint density at radius 3 is 2.82 bits per heavy atom. The van der Waals surface area contributed by atoms with Crippen molar-refractivity contribution in [3.05, 3.63) is 0 Å². The van der Waals surface area contributed by atoms with Gasteiger partial charge in [-0.2, -0.15) is 0 Å². The highest BCUT2D eigenvalue weighted by molar-refractivity contribution is 4.86. The normalized spacial score (nSPS) is 33.0. The molecule has 4 nitrogen and oxygen atoms in total. The Morgan fingerprint density at radius 2 is 2.36 bits per heavy atom. The summed E-state index contributed by atoms with van der Waals surface area (Å²) < 4.78 is 5.21. The molecule has 0 aromatic rings. The summed E-state index contributed by atoms with van der Waals surface area (Å²) in [6.07, 6.45) is 0.211. The third-order valence-corrected chi connectivity index (χ3v) is 2.07. The van der Waals surface area contributed by atoms with Crippen molar-refractivity contribution in [2.45, 2.75) is 12.1 Å². The van der Waals surface area contributed by atoms with Crippen LogP contribution in [0, 0.1) is 0 Å². The molecule has 0 aromatic heterocycles. The molecule has 66 valence electrons. The monoisotopic (exact) mass is 159 g/mol. The summed E-state index contributed by atoms with van der Waals surface area (Å²) in [4.78, 5) is 2.25. The number of rotatable bonds is 3. The number of hydrogen-bond acceptors (Lipinski definition) is 4. The summed E-state index contributed by atoms with van der Waals surface area (Å²) in [7, 11) is 3.65. The lowest BCUT2D eigenvalue weighted by atomic mass is 10.2. The molecule has 0 amide bonds. The van der Waals surface area contributed by atoms with Crippen LogP contribution in [-0.2, 0) is 4.74 Å². The van der Waals surface area contributed by atoms with Crippen LogP contribution in [0.25, 0.3) is 0 Å². The van der Waals surface area contributed by atoms with Gasteiger partial charge in [-0.3, -0.25) is 4.90 Å². The maximum Gasteiger partial charge on any atom is 0.0861 e. The second-order valence-corrected chi connectivity index (χ2v) is 2.99. The molecule has 1 aliphatic heterocycles. The molecule has 1 rings (SSSR count). The largest absolute Gasteiger partial charge is 0.378 e. The van der Waals surface area contributed by atoms with E-state index in [2.05, 4.69) is 10.2 Å². The first kappa shape index (κ1) is 8.93. The van der Waals surface area contributed by atoms with Crippen molar-refractivity contribution in [2.24, 2.45) is 5.73 Å². The average Bonchev–Trinajstić information content (AvgIpc) is 2.32. The van der Waals surface area contributed by atoms with Gasteiger partial charge in [-0.05, 0) is 7.05 Å². The summed E-state index contributed by atoms with van der Waals surface area (Å²) >= 11 is 0. The van der Waals surface area contributed by atoms with Gasteiger partial charge >= 0.3 is 0 Å². The first-order chi connectivity index (χ1) is 5.27. The van der Waals surface area contributed by atoms with E-state index >= 15 is 0 Å². The van der Waals surface area contributed by atoms with Crippen LogP contribution in [-0.4, -0.2) is 51.0 Å².